The van der Waals surface area contributed by atoms with E-state index >= 15 is 0 Å². The van der Waals surface area contributed by atoms with Crippen molar-refractivity contribution >= 4 is 11.6 Å². The summed E-state index contributed by atoms with van der Waals surface area (Å²) in [6.45, 7) is 0.925. The maximum Gasteiger partial charge on any atom is 0.330 e. The monoisotopic (exact) mass is 242 g/mol. The van der Waals surface area contributed by atoms with Crippen LogP contribution >= 0.6 is 11.6 Å². The van der Waals surface area contributed by atoms with E-state index in [0.29, 0.717) is 0 Å². The normalized spacial score (nSPS) is 13.2. The molecule has 0 aliphatic rings. The predicted molar refractivity (Wildman–Crippen MR) is 47.0 cm³/mol. The molecule has 0 fully saturated rings. The van der Waals surface area contributed by atoms with Gasteiger partial charge in [0.1, 0.15) is 0 Å². The lowest BCUT2D eigenvalue weighted by Gasteiger charge is -2.12. The Morgan fingerprint density at radius 1 is 1.40 bits per heavy atom. The van der Waals surface area contributed by atoms with Crippen LogP contribution in [0, 0.1) is 5.82 Å². The van der Waals surface area contributed by atoms with Crippen LogP contribution in [0.4, 0.5) is 13.2 Å². The van der Waals surface area contributed by atoms with Crippen LogP contribution in [-0.4, -0.2) is 16.0 Å². The second kappa shape index (κ2) is 4.09. The highest BCUT2D eigenvalue weighted by Gasteiger charge is 2.23. The summed E-state index contributed by atoms with van der Waals surface area (Å²) in [6.07, 6.45) is -2.95. The minimum Gasteiger partial charge on any atom is -0.295 e. The van der Waals surface area contributed by atoms with E-state index in [4.69, 9.17) is 11.6 Å². The smallest absolute Gasteiger partial charge is 0.295 e. The van der Waals surface area contributed by atoms with Crippen LogP contribution in [0.3, 0.4) is 0 Å². The molecule has 1 atom stereocenters. The molecule has 0 amide bonds. The molecule has 0 bridgehead atoms. The Kier molecular flexibility index (Phi) is 3.23. The van der Waals surface area contributed by atoms with Crippen molar-refractivity contribution in [1.29, 1.82) is 0 Å². The Bertz CT molecular complexity index is 482. The number of rotatable bonds is 2. The van der Waals surface area contributed by atoms with Gasteiger partial charge in [-0.2, -0.15) is 4.39 Å². The van der Waals surface area contributed by atoms with Crippen LogP contribution in [-0.2, 0) is 0 Å². The molecular weight excluding hydrogens is 237 g/mol. The Morgan fingerprint density at radius 3 is 2.40 bits per heavy atom. The summed E-state index contributed by atoms with van der Waals surface area (Å²) in [7, 11) is 0. The van der Waals surface area contributed by atoms with Gasteiger partial charge in [-0.15, -0.1) is 0 Å². The third kappa shape index (κ3) is 2.06. The number of halogens is 4. The van der Waals surface area contributed by atoms with Gasteiger partial charge in [-0.05, 0) is 6.92 Å². The molecule has 0 aromatic carbocycles. The summed E-state index contributed by atoms with van der Waals surface area (Å²) in [4.78, 5) is 23.9. The van der Waals surface area contributed by atoms with Gasteiger partial charge in [-0.3, -0.25) is 9.78 Å². The lowest BCUT2D eigenvalue weighted by Crippen LogP contribution is -2.41. The fourth-order valence-electron chi connectivity index (χ4n) is 0.983. The first-order chi connectivity index (χ1) is 6.86. The molecule has 84 valence electrons. The standard InChI is InChI=1S/C7H6ClF3N2O2/c1-2(5(10)11)13-6(14)3(9)4(8)12-7(13)15/h2,5H,1H3,(H,12,15). The molecule has 0 saturated carbocycles. The Morgan fingerprint density at radius 2 is 1.93 bits per heavy atom. The van der Waals surface area contributed by atoms with Crippen LogP contribution in [0.25, 0.3) is 0 Å². The molecule has 1 aromatic rings. The summed E-state index contributed by atoms with van der Waals surface area (Å²) in [5.74, 6) is -1.45. The molecular formula is C7H6ClF3N2O2. The van der Waals surface area contributed by atoms with Crippen molar-refractivity contribution in [3.8, 4) is 0 Å². The van der Waals surface area contributed by atoms with E-state index in [9.17, 15) is 22.8 Å². The molecule has 1 N–H and O–H groups in total. The maximum atomic E-state index is 12.9. The molecule has 0 aliphatic carbocycles. The number of alkyl halides is 2. The quantitative estimate of drug-likeness (QED) is 0.791. The van der Waals surface area contributed by atoms with Gasteiger partial charge < -0.3 is 0 Å². The van der Waals surface area contributed by atoms with E-state index < -0.39 is 34.7 Å². The van der Waals surface area contributed by atoms with Gasteiger partial charge >= 0.3 is 5.69 Å². The number of hydrogen-bond acceptors (Lipinski definition) is 2. The molecule has 0 saturated heterocycles. The summed E-state index contributed by atoms with van der Waals surface area (Å²) in [6, 6.07) is -1.71. The molecule has 0 spiro atoms. The lowest BCUT2D eigenvalue weighted by molar-refractivity contribution is 0.0868. The largest absolute Gasteiger partial charge is 0.330 e. The average Bonchev–Trinajstić information content (AvgIpc) is 2.14. The molecule has 0 radical (unpaired) electrons. The first-order valence-electron chi connectivity index (χ1n) is 3.84. The fraction of sp³-hybridized carbons (Fsp3) is 0.429. The van der Waals surface area contributed by atoms with Crippen LogP contribution < -0.4 is 11.2 Å². The van der Waals surface area contributed by atoms with Gasteiger partial charge in [-0.25, -0.2) is 18.1 Å². The second-order valence-electron chi connectivity index (χ2n) is 2.81. The minimum atomic E-state index is -2.95. The summed E-state index contributed by atoms with van der Waals surface area (Å²) in [5, 5.41) is -0.789. The first-order valence-corrected chi connectivity index (χ1v) is 4.22. The molecule has 8 heteroatoms. The van der Waals surface area contributed by atoms with Gasteiger partial charge in [0.15, 0.2) is 5.15 Å². The molecule has 4 nitrogen and oxygen atoms in total. The van der Waals surface area contributed by atoms with Crippen molar-refractivity contribution in [3.63, 3.8) is 0 Å². The van der Waals surface area contributed by atoms with E-state index in [0.717, 1.165) is 6.92 Å². The van der Waals surface area contributed by atoms with Crippen molar-refractivity contribution in [3.05, 3.63) is 31.8 Å². The van der Waals surface area contributed by atoms with Gasteiger partial charge in [0, 0.05) is 0 Å². The van der Waals surface area contributed by atoms with Crippen LogP contribution in [0.15, 0.2) is 9.59 Å². The minimum absolute atomic E-state index is 0.0892. The Balaban J connectivity index is 3.50. The number of aromatic amines is 1. The maximum absolute atomic E-state index is 12.9. The van der Waals surface area contributed by atoms with Gasteiger partial charge in [-0.1, -0.05) is 11.6 Å². The Labute approximate surface area is 86.3 Å². The van der Waals surface area contributed by atoms with E-state index in [1.54, 1.807) is 4.98 Å². The van der Waals surface area contributed by atoms with E-state index in [2.05, 4.69) is 0 Å². The lowest BCUT2D eigenvalue weighted by atomic mass is 10.3. The highest BCUT2D eigenvalue weighted by atomic mass is 35.5. The zero-order valence-corrected chi connectivity index (χ0v) is 8.19. The SMILES string of the molecule is CC(C(F)F)n1c(=O)[nH]c(Cl)c(F)c1=O. The van der Waals surface area contributed by atoms with Crippen LogP contribution in [0.1, 0.15) is 13.0 Å². The first kappa shape index (κ1) is 11.8. The average molecular weight is 243 g/mol. The predicted octanol–water partition coefficient (Wildman–Crippen LogP) is 1.16. The van der Waals surface area contributed by atoms with E-state index in [1.165, 1.54) is 0 Å². The third-order valence-corrected chi connectivity index (χ3v) is 2.07. The highest BCUT2D eigenvalue weighted by molar-refractivity contribution is 6.29. The van der Waals surface area contributed by atoms with Gasteiger partial charge in [0.25, 0.3) is 12.0 Å². The van der Waals surface area contributed by atoms with Crippen LogP contribution in [0.5, 0.6) is 0 Å². The summed E-state index contributed by atoms with van der Waals surface area (Å²) >= 11 is 5.14. The second-order valence-corrected chi connectivity index (χ2v) is 3.19. The number of nitrogens with zero attached hydrogens (tertiary/aromatic N) is 1. The number of nitrogens with one attached hydrogen (secondary N) is 1. The van der Waals surface area contributed by atoms with Crippen molar-refractivity contribution in [2.45, 2.75) is 19.4 Å². The van der Waals surface area contributed by atoms with Crippen molar-refractivity contribution in [2.24, 2.45) is 0 Å². The van der Waals surface area contributed by atoms with Crippen molar-refractivity contribution < 1.29 is 13.2 Å². The van der Waals surface area contributed by atoms with E-state index in [-0.39, 0.29) is 4.57 Å². The number of hydrogen-bond donors (Lipinski definition) is 1. The molecule has 1 aromatic heterocycles. The zero-order valence-electron chi connectivity index (χ0n) is 7.43. The molecule has 1 rings (SSSR count). The topological polar surface area (TPSA) is 54.9 Å². The van der Waals surface area contributed by atoms with Crippen molar-refractivity contribution in [1.82, 2.24) is 9.55 Å². The zero-order chi connectivity index (χ0) is 11.7. The number of H-pyrrole nitrogens is 1. The van der Waals surface area contributed by atoms with Crippen LogP contribution in [0.2, 0.25) is 5.15 Å². The molecule has 0 aliphatic heterocycles. The van der Waals surface area contributed by atoms with E-state index in [1.807, 2.05) is 0 Å². The summed E-state index contributed by atoms with van der Waals surface area (Å²) in [5.41, 5.74) is -2.63. The third-order valence-electron chi connectivity index (χ3n) is 1.81. The Hall–Kier alpha value is -1.24. The highest BCUT2D eigenvalue weighted by Crippen LogP contribution is 2.12. The molecule has 1 unspecified atom stereocenters. The molecule has 15 heavy (non-hydrogen) atoms. The number of aromatic nitrogens is 2. The van der Waals surface area contributed by atoms with Gasteiger partial charge in [0.05, 0.1) is 6.04 Å². The van der Waals surface area contributed by atoms with Gasteiger partial charge in [0.2, 0.25) is 5.82 Å². The fourth-order valence-corrected chi connectivity index (χ4v) is 1.15. The van der Waals surface area contributed by atoms with Crippen molar-refractivity contribution in [2.75, 3.05) is 0 Å². The summed E-state index contributed by atoms with van der Waals surface area (Å²) < 4.78 is 37.5. The molecule has 1 heterocycles.